The van der Waals surface area contributed by atoms with E-state index in [1.807, 2.05) is 18.2 Å². The van der Waals surface area contributed by atoms with Crippen molar-refractivity contribution in [3.8, 4) is 11.3 Å². The number of nitrogens with zero attached hydrogens (tertiary/aromatic N) is 1. The van der Waals surface area contributed by atoms with Gasteiger partial charge in [0, 0.05) is 22.9 Å². The highest BCUT2D eigenvalue weighted by atomic mass is 16.3. The molecule has 0 saturated carbocycles. The molecule has 0 aliphatic carbocycles. The van der Waals surface area contributed by atoms with E-state index < -0.39 is 0 Å². The van der Waals surface area contributed by atoms with Crippen LogP contribution in [0.4, 0.5) is 0 Å². The van der Waals surface area contributed by atoms with Crippen LogP contribution in [0.3, 0.4) is 0 Å². The van der Waals surface area contributed by atoms with E-state index in [1.165, 1.54) is 33.2 Å². The second kappa shape index (κ2) is 4.70. The van der Waals surface area contributed by atoms with Crippen LogP contribution >= 0.6 is 0 Å². The maximum absolute atomic E-state index is 6.24. The number of rotatable bonds is 1. The fourth-order valence-corrected chi connectivity index (χ4v) is 3.36. The molecule has 0 aliphatic heterocycles. The fourth-order valence-electron chi connectivity index (χ4n) is 3.36. The smallest absolute Gasteiger partial charge is 0.216 e. The van der Waals surface area contributed by atoms with Gasteiger partial charge in [0.1, 0.15) is 18.2 Å². The van der Waals surface area contributed by atoms with Crippen molar-refractivity contribution in [1.82, 2.24) is 0 Å². The lowest BCUT2D eigenvalue weighted by molar-refractivity contribution is -0.660. The molecule has 2 aromatic carbocycles. The minimum absolute atomic E-state index is 0.950. The zero-order chi connectivity index (χ0) is 15.3. The van der Waals surface area contributed by atoms with Crippen molar-refractivity contribution in [1.29, 1.82) is 0 Å². The average molecular weight is 288 g/mol. The van der Waals surface area contributed by atoms with Crippen molar-refractivity contribution in [3.05, 3.63) is 65.9 Å². The lowest BCUT2D eigenvalue weighted by Crippen LogP contribution is -2.30. The summed E-state index contributed by atoms with van der Waals surface area (Å²) < 4.78 is 8.38. The highest BCUT2D eigenvalue weighted by Crippen LogP contribution is 2.38. The molecule has 0 spiro atoms. The Hall–Kier alpha value is -2.61. The zero-order valence-corrected chi connectivity index (χ0v) is 13.1. The molecular weight excluding hydrogens is 270 g/mol. The molecule has 0 atom stereocenters. The molecule has 0 N–H and O–H groups in total. The third-order valence-electron chi connectivity index (χ3n) is 4.36. The van der Waals surface area contributed by atoms with Gasteiger partial charge in [0.15, 0.2) is 6.20 Å². The van der Waals surface area contributed by atoms with Crippen molar-refractivity contribution in [2.24, 2.45) is 7.05 Å². The first kappa shape index (κ1) is 13.1. The molecule has 4 aromatic rings. The van der Waals surface area contributed by atoms with Crippen molar-refractivity contribution >= 4 is 21.9 Å². The van der Waals surface area contributed by atoms with Gasteiger partial charge in [-0.1, -0.05) is 24.3 Å². The Balaban J connectivity index is 2.22. The van der Waals surface area contributed by atoms with Gasteiger partial charge in [0.25, 0.3) is 0 Å². The molecule has 0 radical (unpaired) electrons. The number of benzene rings is 2. The summed E-state index contributed by atoms with van der Waals surface area (Å²) in [4.78, 5) is 0. The van der Waals surface area contributed by atoms with Crippen LogP contribution in [-0.2, 0) is 7.05 Å². The van der Waals surface area contributed by atoms with Gasteiger partial charge in [0.2, 0.25) is 5.69 Å². The van der Waals surface area contributed by atoms with Gasteiger partial charge in [-0.3, -0.25) is 0 Å². The van der Waals surface area contributed by atoms with Gasteiger partial charge < -0.3 is 4.42 Å². The van der Waals surface area contributed by atoms with Crippen LogP contribution in [0.5, 0.6) is 0 Å². The predicted octanol–water partition coefficient (Wildman–Crippen LogP) is 4.69. The van der Waals surface area contributed by atoms with E-state index in [9.17, 15) is 0 Å². The number of pyridine rings is 1. The number of aryl methyl sites for hydroxylation is 3. The first-order valence-electron chi connectivity index (χ1n) is 7.53. The summed E-state index contributed by atoms with van der Waals surface area (Å²) in [5.41, 5.74) is 6.79. The number of hydrogen-bond acceptors (Lipinski definition) is 1. The maximum Gasteiger partial charge on any atom is 0.216 e. The van der Waals surface area contributed by atoms with Gasteiger partial charge in [-0.2, -0.15) is 0 Å². The highest BCUT2D eigenvalue weighted by Gasteiger charge is 2.21. The Morgan fingerprint density at radius 2 is 1.68 bits per heavy atom. The summed E-state index contributed by atoms with van der Waals surface area (Å²) in [6, 6.07) is 16.8. The summed E-state index contributed by atoms with van der Waals surface area (Å²) in [5, 5.41) is 2.41. The minimum Gasteiger partial charge on any atom is -0.455 e. The highest BCUT2D eigenvalue weighted by molar-refractivity contribution is 6.11. The van der Waals surface area contributed by atoms with E-state index >= 15 is 0 Å². The van der Waals surface area contributed by atoms with Crippen LogP contribution in [0.2, 0.25) is 0 Å². The molecule has 22 heavy (non-hydrogen) atoms. The van der Waals surface area contributed by atoms with Crippen LogP contribution < -0.4 is 4.57 Å². The van der Waals surface area contributed by atoms with E-state index in [0.717, 1.165) is 11.2 Å². The molecule has 0 saturated heterocycles. The Labute approximate surface area is 129 Å². The second-order valence-electron chi connectivity index (χ2n) is 5.88. The molecule has 0 amide bonds. The number of aromatic nitrogens is 1. The zero-order valence-electron chi connectivity index (χ0n) is 13.1. The quantitative estimate of drug-likeness (QED) is 0.464. The van der Waals surface area contributed by atoms with Gasteiger partial charge in [-0.05, 0) is 37.1 Å². The van der Waals surface area contributed by atoms with E-state index in [0.29, 0.717) is 0 Å². The molecule has 4 rings (SSSR count). The monoisotopic (exact) mass is 288 g/mol. The number of fused-ring (bicyclic) bond motifs is 3. The predicted molar refractivity (Wildman–Crippen MR) is 89.8 cm³/mol. The summed E-state index contributed by atoms with van der Waals surface area (Å²) in [6.07, 6.45) is 2.07. The standard InChI is InChI=1S/C20H18NO/c1-13-12-14(2)19(16-9-6-7-11-21(16)3)20-18(13)15-8-4-5-10-17(15)22-20/h4-12H,1-3H3/q+1. The third kappa shape index (κ3) is 1.77. The molecule has 0 bridgehead atoms. The van der Waals surface area contributed by atoms with Crippen molar-refractivity contribution in [3.63, 3.8) is 0 Å². The van der Waals surface area contributed by atoms with Gasteiger partial charge in [-0.15, -0.1) is 0 Å². The lowest BCUT2D eigenvalue weighted by Gasteiger charge is -2.07. The van der Waals surface area contributed by atoms with Crippen LogP contribution in [0.25, 0.3) is 33.2 Å². The van der Waals surface area contributed by atoms with E-state index in [1.54, 1.807) is 0 Å². The lowest BCUT2D eigenvalue weighted by atomic mass is 9.97. The molecule has 0 unspecified atom stereocenters. The largest absolute Gasteiger partial charge is 0.455 e. The molecule has 2 heterocycles. The summed E-state index contributed by atoms with van der Waals surface area (Å²) >= 11 is 0. The molecule has 2 heteroatoms. The molecule has 2 aromatic heterocycles. The van der Waals surface area contributed by atoms with E-state index in [4.69, 9.17) is 4.42 Å². The first-order chi connectivity index (χ1) is 10.7. The maximum atomic E-state index is 6.24. The van der Waals surface area contributed by atoms with Crippen molar-refractivity contribution in [2.45, 2.75) is 13.8 Å². The molecular formula is C20H18NO+. The van der Waals surface area contributed by atoms with E-state index in [-0.39, 0.29) is 0 Å². The Morgan fingerprint density at radius 1 is 0.909 bits per heavy atom. The summed E-state index contributed by atoms with van der Waals surface area (Å²) in [5.74, 6) is 0. The first-order valence-corrected chi connectivity index (χ1v) is 7.53. The SMILES string of the molecule is Cc1cc(C)c2c(oc3ccccc32)c1-c1cccc[n+]1C. The van der Waals surface area contributed by atoms with Gasteiger partial charge >= 0.3 is 0 Å². The second-order valence-corrected chi connectivity index (χ2v) is 5.88. The number of para-hydroxylation sites is 1. The Morgan fingerprint density at radius 3 is 2.50 bits per heavy atom. The molecule has 108 valence electrons. The number of hydrogen-bond donors (Lipinski definition) is 0. The van der Waals surface area contributed by atoms with Crippen LogP contribution in [0.1, 0.15) is 11.1 Å². The average Bonchev–Trinajstić information content (AvgIpc) is 2.88. The summed E-state index contributed by atoms with van der Waals surface area (Å²) in [7, 11) is 2.07. The van der Waals surface area contributed by atoms with Crippen LogP contribution in [-0.4, -0.2) is 0 Å². The van der Waals surface area contributed by atoms with Crippen molar-refractivity contribution in [2.75, 3.05) is 0 Å². The summed E-state index contributed by atoms with van der Waals surface area (Å²) in [6.45, 7) is 4.31. The van der Waals surface area contributed by atoms with Gasteiger partial charge in [-0.25, -0.2) is 4.57 Å². The Kier molecular flexibility index (Phi) is 2.80. The van der Waals surface area contributed by atoms with Crippen molar-refractivity contribution < 1.29 is 8.98 Å². The third-order valence-corrected chi connectivity index (χ3v) is 4.36. The fraction of sp³-hybridized carbons (Fsp3) is 0.150. The number of furan rings is 1. The molecule has 2 nitrogen and oxygen atoms in total. The van der Waals surface area contributed by atoms with Crippen LogP contribution in [0, 0.1) is 13.8 Å². The van der Waals surface area contributed by atoms with Crippen LogP contribution in [0.15, 0.2) is 59.1 Å². The topological polar surface area (TPSA) is 17.0 Å². The normalized spacial score (nSPS) is 11.4. The van der Waals surface area contributed by atoms with Gasteiger partial charge in [0.05, 0.1) is 5.56 Å². The Bertz CT molecular complexity index is 1010. The molecule has 0 fully saturated rings. The van der Waals surface area contributed by atoms with E-state index in [2.05, 4.69) is 62.0 Å². The molecule has 0 aliphatic rings. The minimum atomic E-state index is 0.950.